The highest BCUT2D eigenvalue weighted by atomic mass is 19.1. The fourth-order valence-electron chi connectivity index (χ4n) is 4.02. The van der Waals surface area contributed by atoms with Gasteiger partial charge in [-0.1, -0.05) is 26.5 Å². The largest absolute Gasteiger partial charge is 0.508 e. The highest BCUT2D eigenvalue weighted by Gasteiger charge is 2.43. The van der Waals surface area contributed by atoms with Crippen LogP contribution >= 0.6 is 0 Å². The van der Waals surface area contributed by atoms with E-state index in [9.17, 15) is 33.0 Å². The first-order valence-corrected chi connectivity index (χ1v) is 11.1. The van der Waals surface area contributed by atoms with Gasteiger partial charge in [0, 0.05) is 23.2 Å². The molecule has 3 rings (SSSR count). The number of esters is 1. The van der Waals surface area contributed by atoms with Crippen LogP contribution in [-0.4, -0.2) is 34.4 Å². The molecule has 0 bridgehead atoms. The highest BCUT2D eigenvalue weighted by Crippen LogP contribution is 2.40. The number of rotatable bonds is 8. The van der Waals surface area contributed by atoms with Crippen LogP contribution in [0.4, 0.5) is 18.9 Å². The number of carbonyl (C=O) groups excluding carboxylic acids is 2. The summed E-state index contributed by atoms with van der Waals surface area (Å²) in [6, 6.07) is 7.99. The molecule has 0 fully saturated rings. The fraction of sp³-hybridized carbons (Fsp3) is 0.333. The summed E-state index contributed by atoms with van der Waals surface area (Å²) in [4.78, 5) is 24.8. The molecule has 1 atom stereocenters. The number of hydrogen-bond acceptors (Lipinski definition) is 5. The minimum atomic E-state index is -2.11. The number of aliphatic hydroxyl groups is 1. The number of benzene rings is 2. The first-order chi connectivity index (χ1) is 16.9. The van der Waals surface area contributed by atoms with Gasteiger partial charge in [0.05, 0.1) is 11.9 Å². The number of halogens is 3. The van der Waals surface area contributed by atoms with E-state index in [4.69, 9.17) is 4.74 Å². The summed E-state index contributed by atoms with van der Waals surface area (Å²) in [6.07, 6.45) is 1.20. The van der Waals surface area contributed by atoms with E-state index in [0.717, 1.165) is 12.1 Å². The number of nitrogens with one attached hydrogen (secondary N) is 1. The van der Waals surface area contributed by atoms with E-state index in [0.29, 0.717) is 23.1 Å². The van der Waals surface area contributed by atoms with Crippen LogP contribution in [0.15, 0.2) is 61.0 Å². The Labute approximate surface area is 208 Å². The topological polar surface area (TPSA) is 95.9 Å². The third-order valence-electron chi connectivity index (χ3n) is 5.64. The van der Waals surface area contributed by atoms with Gasteiger partial charge in [-0.05, 0) is 60.7 Å². The number of fused-ring (bicyclic) bond motifs is 1. The van der Waals surface area contributed by atoms with Crippen LogP contribution in [0.1, 0.15) is 55.1 Å². The first kappa shape index (κ1) is 28.6. The van der Waals surface area contributed by atoms with Crippen molar-refractivity contribution in [2.24, 2.45) is 0 Å². The number of alkyl halides is 1. The van der Waals surface area contributed by atoms with Crippen LogP contribution in [0, 0.1) is 5.82 Å². The predicted molar refractivity (Wildman–Crippen MR) is 131 cm³/mol. The smallest absolute Gasteiger partial charge is 0.338 e. The molecule has 0 aliphatic carbocycles. The maximum absolute atomic E-state index is 13.8. The number of aromatic hydroxyl groups is 1. The highest BCUT2D eigenvalue weighted by molar-refractivity contribution is 5.99. The number of phenolic OH excluding ortho intramolecular Hbond substituents is 1. The number of ether oxygens (including phenoxy) is 1. The molecule has 194 valence electrons. The molecule has 1 unspecified atom stereocenters. The molecule has 0 aromatic heterocycles. The van der Waals surface area contributed by atoms with Crippen LogP contribution in [0.25, 0.3) is 0 Å². The molecule has 0 radical (unpaired) electrons. The quantitative estimate of drug-likeness (QED) is 0.319. The van der Waals surface area contributed by atoms with Gasteiger partial charge in [-0.15, -0.1) is 0 Å². The van der Waals surface area contributed by atoms with Gasteiger partial charge in [-0.2, -0.15) is 0 Å². The molecule has 0 saturated carbocycles. The second kappa shape index (κ2) is 11.9. The molecule has 1 aliphatic heterocycles. The second-order valence-corrected chi connectivity index (χ2v) is 9.18. The molecule has 3 N–H and O–H groups in total. The van der Waals surface area contributed by atoms with Crippen LogP contribution in [-0.2, 0) is 21.6 Å². The van der Waals surface area contributed by atoms with Crippen LogP contribution < -0.4 is 5.32 Å². The summed E-state index contributed by atoms with van der Waals surface area (Å²) in [5.74, 6) is -2.04. The molecule has 0 spiro atoms. The van der Waals surface area contributed by atoms with E-state index in [1.165, 1.54) is 24.3 Å². The van der Waals surface area contributed by atoms with Crippen LogP contribution in [0.3, 0.4) is 0 Å². The average Bonchev–Trinajstić information content (AvgIpc) is 3.20. The summed E-state index contributed by atoms with van der Waals surface area (Å²) in [5.41, 5.74) is -1.66. The minimum absolute atomic E-state index is 0.00913. The molecule has 9 heteroatoms. The number of anilines is 1. The van der Waals surface area contributed by atoms with Gasteiger partial charge in [0.15, 0.2) is 0 Å². The lowest BCUT2D eigenvalue weighted by Crippen LogP contribution is -2.47. The molecular weight excluding hydrogens is 475 g/mol. The normalized spacial score (nSPS) is 14.4. The van der Waals surface area contributed by atoms with Crippen molar-refractivity contribution in [3.8, 4) is 5.75 Å². The minimum Gasteiger partial charge on any atom is -0.508 e. The first-order valence-electron chi connectivity index (χ1n) is 11.1. The zero-order valence-electron chi connectivity index (χ0n) is 20.4. The van der Waals surface area contributed by atoms with Crippen molar-refractivity contribution in [2.45, 2.75) is 51.2 Å². The summed E-state index contributed by atoms with van der Waals surface area (Å²) in [7, 11) is 0. The third-order valence-corrected chi connectivity index (χ3v) is 5.64. The number of hydrogen-bond donors (Lipinski definition) is 3. The van der Waals surface area contributed by atoms with Crippen molar-refractivity contribution >= 4 is 17.6 Å². The Balaban J connectivity index is 0.00000106. The average molecular weight is 506 g/mol. The van der Waals surface area contributed by atoms with Crippen molar-refractivity contribution in [1.82, 2.24) is 0 Å². The van der Waals surface area contributed by atoms with Gasteiger partial charge in [-0.3, -0.25) is 4.79 Å². The van der Waals surface area contributed by atoms with Crippen LogP contribution in [0.2, 0.25) is 0 Å². The molecular formula is C27H30F3NO5. The van der Waals surface area contributed by atoms with E-state index in [1.54, 1.807) is 26.8 Å². The van der Waals surface area contributed by atoms with Gasteiger partial charge in [0.1, 0.15) is 30.4 Å². The lowest BCUT2D eigenvalue weighted by Gasteiger charge is -2.36. The number of allylic oxidation sites excluding steroid dienone is 1. The molecule has 36 heavy (non-hydrogen) atoms. The summed E-state index contributed by atoms with van der Waals surface area (Å²) in [5, 5.41) is 24.2. The Kier molecular flexibility index (Phi) is 9.47. The molecule has 1 amide bonds. The van der Waals surface area contributed by atoms with Gasteiger partial charge in [0.25, 0.3) is 5.91 Å². The number of phenols is 1. The second-order valence-electron chi connectivity index (χ2n) is 9.18. The summed E-state index contributed by atoms with van der Waals surface area (Å²) in [6.45, 7) is 7.60. The van der Waals surface area contributed by atoms with Crippen molar-refractivity contribution in [3.63, 3.8) is 0 Å². The van der Waals surface area contributed by atoms with Crippen molar-refractivity contribution in [3.05, 3.63) is 83.5 Å². The standard InChI is InChI=1S/C24H25F2NO5.C3H5F/c1-14(11-25)10-24(31,13-23(2,3)19-9-16(26)4-7-20(19)28)22(30)27-17-5-6-18-15(8-17)12-32-21(18)29;1-2-3-4/h4-9,28,31H,1,10-13H2,2-3H3,(H,27,30);2-3H,1H3/b;3-2+. The summed E-state index contributed by atoms with van der Waals surface area (Å²) < 4.78 is 42.5. The van der Waals surface area contributed by atoms with E-state index >= 15 is 0 Å². The van der Waals surface area contributed by atoms with Crippen molar-refractivity contribution < 1.29 is 37.7 Å². The van der Waals surface area contributed by atoms with E-state index in [-0.39, 0.29) is 36.3 Å². The van der Waals surface area contributed by atoms with Gasteiger partial charge in [-0.25, -0.2) is 18.0 Å². The lowest BCUT2D eigenvalue weighted by atomic mass is 9.72. The Morgan fingerprint density at radius 1 is 1.25 bits per heavy atom. The monoisotopic (exact) mass is 505 g/mol. The maximum Gasteiger partial charge on any atom is 0.338 e. The Morgan fingerprint density at radius 3 is 2.53 bits per heavy atom. The molecule has 6 nitrogen and oxygen atoms in total. The van der Waals surface area contributed by atoms with Crippen LogP contribution in [0.5, 0.6) is 5.75 Å². The van der Waals surface area contributed by atoms with E-state index in [1.807, 2.05) is 0 Å². The Bertz CT molecular complexity index is 1160. The number of carbonyl (C=O) groups is 2. The molecule has 1 aliphatic rings. The van der Waals surface area contributed by atoms with Crippen molar-refractivity contribution in [2.75, 3.05) is 12.0 Å². The Morgan fingerprint density at radius 2 is 1.92 bits per heavy atom. The zero-order chi connectivity index (χ0) is 27.1. The van der Waals surface area contributed by atoms with E-state index in [2.05, 4.69) is 11.9 Å². The van der Waals surface area contributed by atoms with Gasteiger partial charge in [0.2, 0.25) is 0 Å². The lowest BCUT2D eigenvalue weighted by molar-refractivity contribution is -0.136. The zero-order valence-corrected chi connectivity index (χ0v) is 20.4. The number of cyclic esters (lactones) is 1. The number of amides is 1. The van der Waals surface area contributed by atoms with Gasteiger partial charge < -0.3 is 20.3 Å². The Hall–Kier alpha value is -3.59. The third kappa shape index (κ3) is 6.97. The maximum atomic E-state index is 13.8. The van der Waals surface area contributed by atoms with Gasteiger partial charge >= 0.3 is 5.97 Å². The molecule has 2 aromatic carbocycles. The molecule has 0 saturated heterocycles. The molecule has 1 heterocycles. The SMILES string of the molecule is C/C=C/F.C=C(CF)CC(O)(CC(C)(C)c1cc(F)ccc1O)C(=O)Nc1ccc2c(c1)COC2=O. The fourth-order valence-corrected chi connectivity index (χ4v) is 4.02. The van der Waals surface area contributed by atoms with Crippen molar-refractivity contribution in [1.29, 1.82) is 0 Å². The van der Waals surface area contributed by atoms with E-state index < -0.39 is 35.4 Å². The summed E-state index contributed by atoms with van der Waals surface area (Å²) >= 11 is 0. The molecule has 2 aromatic rings. The predicted octanol–water partition coefficient (Wildman–Crippen LogP) is 5.64.